The van der Waals surface area contributed by atoms with E-state index in [1.54, 1.807) is 0 Å². The van der Waals surface area contributed by atoms with E-state index in [0.29, 0.717) is 5.69 Å². The number of carboxylic acid groups (broad SMARTS) is 1. The molecule has 0 heterocycles. The van der Waals surface area contributed by atoms with E-state index >= 15 is 0 Å². The van der Waals surface area contributed by atoms with Crippen LogP contribution in [-0.2, 0) is 4.79 Å². The molecule has 2 rings (SSSR count). The maximum Gasteiger partial charge on any atom is 0.323 e. The number of hydrogen-bond donors (Lipinski definition) is 2. The van der Waals surface area contributed by atoms with Crippen molar-refractivity contribution in [3.63, 3.8) is 0 Å². The van der Waals surface area contributed by atoms with Crippen LogP contribution in [0, 0.1) is 3.57 Å². The molecule has 0 radical (unpaired) electrons. The van der Waals surface area contributed by atoms with E-state index in [2.05, 4.69) is 27.9 Å². The number of halogens is 1. The Kier molecular flexibility index (Phi) is 5.22. The van der Waals surface area contributed by atoms with Crippen LogP contribution < -0.4 is 5.32 Å². The van der Waals surface area contributed by atoms with Gasteiger partial charge in [0.25, 0.3) is 0 Å². The lowest BCUT2D eigenvalue weighted by molar-refractivity contribution is -0.138. The van der Waals surface area contributed by atoms with Crippen molar-refractivity contribution in [2.45, 2.75) is 31.7 Å². The van der Waals surface area contributed by atoms with E-state index in [1.807, 2.05) is 24.3 Å². The lowest BCUT2D eigenvalue weighted by atomic mass is 10.2. The first-order chi connectivity index (χ1) is 9.56. The minimum atomic E-state index is -0.977. The number of anilines is 1. The van der Waals surface area contributed by atoms with Crippen molar-refractivity contribution >= 4 is 40.3 Å². The first-order valence-corrected chi connectivity index (χ1v) is 7.69. The maximum absolute atomic E-state index is 12.3. The smallest absolute Gasteiger partial charge is 0.323 e. The van der Waals surface area contributed by atoms with Crippen LogP contribution in [0.3, 0.4) is 0 Å². The van der Waals surface area contributed by atoms with Gasteiger partial charge in [-0.1, -0.05) is 12.8 Å². The first-order valence-electron chi connectivity index (χ1n) is 6.61. The summed E-state index contributed by atoms with van der Waals surface area (Å²) in [6.45, 7) is -0.249. The minimum Gasteiger partial charge on any atom is -0.480 e. The molecule has 0 bridgehead atoms. The Hall–Kier alpha value is -1.31. The molecule has 0 saturated heterocycles. The van der Waals surface area contributed by atoms with Crippen molar-refractivity contribution in [3.05, 3.63) is 27.8 Å². The van der Waals surface area contributed by atoms with Crippen molar-refractivity contribution in [3.8, 4) is 0 Å². The van der Waals surface area contributed by atoms with E-state index in [4.69, 9.17) is 5.11 Å². The average Bonchev–Trinajstić information content (AvgIpc) is 2.92. The lowest BCUT2D eigenvalue weighted by Crippen LogP contribution is -2.44. The van der Waals surface area contributed by atoms with Gasteiger partial charge >= 0.3 is 12.0 Å². The zero-order valence-corrected chi connectivity index (χ0v) is 13.2. The molecule has 0 atom stereocenters. The van der Waals surface area contributed by atoms with Crippen molar-refractivity contribution in [2.75, 3.05) is 11.9 Å². The van der Waals surface area contributed by atoms with E-state index in [0.717, 1.165) is 29.3 Å². The number of hydrogen-bond acceptors (Lipinski definition) is 2. The second kappa shape index (κ2) is 6.92. The summed E-state index contributed by atoms with van der Waals surface area (Å²) in [5.41, 5.74) is 0.684. The molecule has 1 aromatic carbocycles. The number of nitrogens with one attached hydrogen (secondary N) is 1. The summed E-state index contributed by atoms with van der Waals surface area (Å²) in [6, 6.07) is 7.12. The van der Waals surface area contributed by atoms with Crippen molar-refractivity contribution in [1.82, 2.24) is 4.90 Å². The average molecular weight is 388 g/mol. The summed E-state index contributed by atoms with van der Waals surface area (Å²) in [4.78, 5) is 24.7. The second-order valence-electron chi connectivity index (χ2n) is 4.90. The highest BCUT2D eigenvalue weighted by Gasteiger charge is 2.28. The SMILES string of the molecule is O=C(O)CN(C(=O)Nc1ccc(I)cc1)C1CCCC1. The van der Waals surface area contributed by atoms with E-state index in [1.165, 1.54) is 4.90 Å². The number of carbonyl (C=O) groups is 2. The van der Waals surface area contributed by atoms with Crippen molar-refractivity contribution in [1.29, 1.82) is 0 Å². The number of nitrogens with zero attached hydrogens (tertiary/aromatic N) is 1. The van der Waals surface area contributed by atoms with Gasteiger partial charge in [-0.05, 0) is 59.7 Å². The number of aliphatic carboxylic acids is 1. The second-order valence-corrected chi connectivity index (χ2v) is 6.14. The molecule has 1 saturated carbocycles. The molecule has 1 aromatic rings. The molecule has 0 unspecified atom stereocenters. The summed E-state index contributed by atoms with van der Waals surface area (Å²) in [5.74, 6) is -0.977. The van der Waals surface area contributed by atoms with Crippen LogP contribution in [0.25, 0.3) is 0 Å². The topological polar surface area (TPSA) is 69.6 Å². The Morgan fingerprint density at radius 2 is 1.85 bits per heavy atom. The van der Waals surface area contributed by atoms with Gasteiger partial charge in [0.15, 0.2) is 0 Å². The monoisotopic (exact) mass is 388 g/mol. The number of benzene rings is 1. The molecule has 0 spiro atoms. The highest BCUT2D eigenvalue weighted by Crippen LogP contribution is 2.24. The summed E-state index contributed by atoms with van der Waals surface area (Å²) >= 11 is 2.19. The van der Waals surface area contributed by atoms with Gasteiger partial charge in [0.1, 0.15) is 6.54 Å². The van der Waals surface area contributed by atoms with Gasteiger partial charge in [0.2, 0.25) is 0 Å². The quantitative estimate of drug-likeness (QED) is 0.779. The number of urea groups is 1. The standard InChI is InChI=1S/C14H17IN2O3/c15-10-5-7-11(8-6-10)16-14(20)17(9-13(18)19)12-3-1-2-4-12/h5-8,12H,1-4,9H2,(H,16,20)(H,18,19). The van der Waals surface area contributed by atoms with Crippen LogP contribution in [0.15, 0.2) is 24.3 Å². The van der Waals surface area contributed by atoms with Gasteiger partial charge in [-0.3, -0.25) is 4.79 Å². The molecule has 5 nitrogen and oxygen atoms in total. The van der Waals surface area contributed by atoms with Gasteiger partial charge in [-0.25, -0.2) is 4.79 Å². The fraction of sp³-hybridized carbons (Fsp3) is 0.429. The first kappa shape index (κ1) is 15.1. The molecule has 2 amide bonds. The minimum absolute atomic E-state index is 0.0370. The van der Waals surface area contributed by atoms with Crippen molar-refractivity contribution in [2.24, 2.45) is 0 Å². The Bertz CT molecular complexity index is 484. The molecule has 108 valence electrons. The molecule has 1 aliphatic carbocycles. The van der Waals surface area contributed by atoms with E-state index < -0.39 is 5.97 Å². The van der Waals surface area contributed by atoms with Crippen LogP contribution in [0.2, 0.25) is 0 Å². The number of amides is 2. The zero-order valence-electron chi connectivity index (χ0n) is 11.0. The molecule has 0 aromatic heterocycles. The number of carbonyl (C=O) groups excluding carboxylic acids is 1. The molecular weight excluding hydrogens is 371 g/mol. The Balaban J connectivity index is 2.05. The largest absolute Gasteiger partial charge is 0.480 e. The molecule has 20 heavy (non-hydrogen) atoms. The molecule has 0 aliphatic heterocycles. The maximum atomic E-state index is 12.3. The highest BCUT2D eigenvalue weighted by molar-refractivity contribution is 14.1. The number of carboxylic acids is 1. The Labute approximate surface area is 131 Å². The molecule has 1 fully saturated rings. The van der Waals surface area contributed by atoms with Crippen LogP contribution in [0.4, 0.5) is 10.5 Å². The lowest BCUT2D eigenvalue weighted by Gasteiger charge is -2.27. The Morgan fingerprint density at radius 3 is 2.40 bits per heavy atom. The molecule has 6 heteroatoms. The van der Waals surface area contributed by atoms with Crippen LogP contribution >= 0.6 is 22.6 Å². The fourth-order valence-corrected chi connectivity index (χ4v) is 2.82. The molecule has 1 aliphatic rings. The van der Waals surface area contributed by atoms with Gasteiger partial charge < -0.3 is 15.3 Å². The highest BCUT2D eigenvalue weighted by atomic mass is 127. The van der Waals surface area contributed by atoms with E-state index in [-0.39, 0.29) is 18.6 Å². The van der Waals surface area contributed by atoms with Gasteiger partial charge in [0.05, 0.1) is 0 Å². The third kappa shape index (κ3) is 4.09. The normalized spacial score (nSPS) is 15.1. The molecule has 2 N–H and O–H groups in total. The predicted octanol–water partition coefficient (Wildman–Crippen LogP) is 3.15. The Morgan fingerprint density at radius 1 is 1.25 bits per heavy atom. The van der Waals surface area contributed by atoms with Gasteiger partial charge in [-0.15, -0.1) is 0 Å². The third-order valence-electron chi connectivity index (χ3n) is 3.43. The predicted molar refractivity (Wildman–Crippen MR) is 84.8 cm³/mol. The van der Waals surface area contributed by atoms with Gasteiger partial charge in [-0.2, -0.15) is 0 Å². The van der Waals surface area contributed by atoms with Crippen molar-refractivity contribution < 1.29 is 14.7 Å². The van der Waals surface area contributed by atoms with Crippen LogP contribution in [0.5, 0.6) is 0 Å². The fourth-order valence-electron chi connectivity index (χ4n) is 2.46. The summed E-state index contributed by atoms with van der Waals surface area (Å²) in [5, 5.41) is 11.7. The van der Waals surface area contributed by atoms with Gasteiger partial charge in [0, 0.05) is 15.3 Å². The number of rotatable bonds is 4. The molecular formula is C14H17IN2O3. The van der Waals surface area contributed by atoms with Crippen LogP contribution in [0.1, 0.15) is 25.7 Å². The summed E-state index contributed by atoms with van der Waals surface area (Å²) < 4.78 is 1.08. The summed E-state index contributed by atoms with van der Waals surface area (Å²) in [7, 11) is 0. The van der Waals surface area contributed by atoms with E-state index in [9.17, 15) is 9.59 Å². The third-order valence-corrected chi connectivity index (χ3v) is 4.15. The summed E-state index contributed by atoms with van der Waals surface area (Å²) in [6.07, 6.45) is 3.87. The van der Waals surface area contributed by atoms with Crippen LogP contribution in [-0.4, -0.2) is 34.6 Å². The zero-order chi connectivity index (χ0) is 14.5.